The van der Waals surface area contributed by atoms with Crippen LogP contribution in [0.4, 0.5) is 0 Å². The summed E-state index contributed by atoms with van der Waals surface area (Å²) in [5.41, 5.74) is 0.677. The van der Waals surface area contributed by atoms with Crippen LogP contribution in [0.25, 0.3) is 0 Å². The van der Waals surface area contributed by atoms with E-state index < -0.39 is 0 Å². The highest BCUT2D eigenvalue weighted by Gasteiger charge is 2.61. The van der Waals surface area contributed by atoms with E-state index in [0.717, 1.165) is 56.1 Å². The standard InChI is InChI=1S/C21H34O3/c1-19-9-10-21(23-11-12-24-21)13-14(19)3-4-15-16-5-6-18(22)20(16,2)8-7-17(15)19/h14-18,22H,3-13H2,1-2H3/t14-,15-,16-,17-,18+,19-,20-/m0/s1. The van der Waals surface area contributed by atoms with E-state index in [2.05, 4.69) is 13.8 Å². The molecule has 4 aliphatic carbocycles. The molecule has 0 aromatic heterocycles. The van der Waals surface area contributed by atoms with E-state index in [-0.39, 0.29) is 17.3 Å². The fraction of sp³-hybridized carbons (Fsp3) is 1.00. The molecule has 1 heterocycles. The molecule has 4 saturated carbocycles. The van der Waals surface area contributed by atoms with E-state index in [0.29, 0.717) is 5.41 Å². The van der Waals surface area contributed by atoms with Crippen LogP contribution in [0.15, 0.2) is 0 Å². The zero-order valence-corrected chi connectivity index (χ0v) is 15.4. The third kappa shape index (κ3) is 2.01. The highest BCUT2D eigenvalue weighted by molar-refractivity contribution is 5.10. The maximum atomic E-state index is 10.6. The monoisotopic (exact) mass is 334 g/mol. The van der Waals surface area contributed by atoms with Gasteiger partial charge >= 0.3 is 0 Å². The number of aliphatic hydroxyl groups excluding tert-OH is 1. The van der Waals surface area contributed by atoms with Gasteiger partial charge in [-0.3, -0.25) is 0 Å². The van der Waals surface area contributed by atoms with Crippen molar-refractivity contribution in [2.75, 3.05) is 13.2 Å². The molecule has 1 saturated heterocycles. The van der Waals surface area contributed by atoms with Gasteiger partial charge in [0.25, 0.3) is 0 Å². The fourth-order valence-electron chi connectivity index (χ4n) is 7.93. The first-order valence-electron chi connectivity index (χ1n) is 10.4. The molecule has 1 aliphatic heterocycles. The minimum Gasteiger partial charge on any atom is -0.393 e. The van der Waals surface area contributed by atoms with Gasteiger partial charge in [0, 0.05) is 12.8 Å². The lowest BCUT2D eigenvalue weighted by atomic mass is 9.45. The van der Waals surface area contributed by atoms with Crippen LogP contribution in [0.2, 0.25) is 0 Å². The van der Waals surface area contributed by atoms with Gasteiger partial charge in [0.1, 0.15) is 0 Å². The molecule has 0 radical (unpaired) electrons. The second-order valence-electron chi connectivity index (χ2n) is 10.1. The van der Waals surface area contributed by atoms with Crippen molar-refractivity contribution in [1.29, 1.82) is 0 Å². The summed E-state index contributed by atoms with van der Waals surface area (Å²) in [5.74, 6) is 3.00. The maximum Gasteiger partial charge on any atom is 0.168 e. The van der Waals surface area contributed by atoms with Crippen molar-refractivity contribution in [3.8, 4) is 0 Å². The Hall–Kier alpha value is -0.120. The van der Waals surface area contributed by atoms with Crippen molar-refractivity contribution in [2.24, 2.45) is 34.5 Å². The normalized spacial score (nSPS) is 55.9. The first-order chi connectivity index (χ1) is 11.5. The van der Waals surface area contributed by atoms with Gasteiger partial charge in [-0.25, -0.2) is 0 Å². The van der Waals surface area contributed by atoms with Crippen LogP contribution in [-0.2, 0) is 9.47 Å². The number of hydrogen-bond acceptors (Lipinski definition) is 3. The van der Waals surface area contributed by atoms with Crippen molar-refractivity contribution in [3.05, 3.63) is 0 Å². The second kappa shape index (κ2) is 5.20. The number of fused-ring (bicyclic) bond motifs is 5. The van der Waals surface area contributed by atoms with Crippen molar-refractivity contribution < 1.29 is 14.6 Å². The summed E-state index contributed by atoms with van der Waals surface area (Å²) in [6.45, 7) is 6.54. The predicted octanol–water partition coefficient (Wildman–Crippen LogP) is 4.13. The topological polar surface area (TPSA) is 38.7 Å². The Labute approximate surface area is 146 Å². The molecule has 3 heteroatoms. The smallest absolute Gasteiger partial charge is 0.168 e. The third-order valence-electron chi connectivity index (χ3n) is 9.43. The van der Waals surface area contributed by atoms with Crippen molar-refractivity contribution in [2.45, 2.75) is 83.5 Å². The molecule has 136 valence electrons. The predicted molar refractivity (Wildman–Crippen MR) is 92.4 cm³/mol. The Balaban J connectivity index is 1.41. The molecule has 7 atom stereocenters. The Morgan fingerprint density at radius 3 is 2.33 bits per heavy atom. The minimum atomic E-state index is -0.232. The summed E-state index contributed by atoms with van der Waals surface area (Å²) in [5, 5.41) is 10.6. The summed E-state index contributed by atoms with van der Waals surface area (Å²) in [6, 6.07) is 0. The molecular formula is C21H34O3. The van der Waals surface area contributed by atoms with E-state index in [1.54, 1.807) is 0 Å². The summed E-state index contributed by atoms with van der Waals surface area (Å²) in [7, 11) is 0. The molecule has 0 bridgehead atoms. The molecule has 0 aromatic carbocycles. The Kier molecular flexibility index (Phi) is 3.49. The number of ether oxygens (including phenoxy) is 2. The quantitative estimate of drug-likeness (QED) is 0.724. The lowest BCUT2D eigenvalue weighted by molar-refractivity contribution is -0.230. The van der Waals surface area contributed by atoms with Crippen molar-refractivity contribution in [3.63, 3.8) is 0 Å². The van der Waals surface area contributed by atoms with E-state index in [1.165, 1.54) is 38.5 Å². The average molecular weight is 335 g/mol. The highest BCUT2D eigenvalue weighted by Crippen LogP contribution is 2.67. The van der Waals surface area contributed by atoms with Crippen LogP contribution in [0.5, 0.6) is 0 Å². The van der Waals surface area contributed by atoms with Crippen molar-refractivity contribution in [1.82, 2.24) is 0 Å². The molecule has 1 N–H and O–H groups in total. The maximum absolute atomic E-state index is 10.6. The van der Waals surface area contributed by atoms with E-state index in [4.69, 9.17) is 9.47 Å². The van der Waals surface area contributed by atoms with Gasteiger partial charge < -0.3 is 14.6 Å². The van der Waals surface area contributed by atoms with Gasteiger partial charge in [0.2, 0.25) is 0 Å². The summed E-state index contributed by atoms with van der Waals surface area (Å²) >= 11 is 0. The molecule has 0 unspecified atom stereocenters. The first-order valence-corrected chi connectivity index (χ1v) is 10.4. The Bertz CT molecular complexity index is 513. The van der Waals surface area contributed by atoms with E-state index >= 15 is 0 Å². The fourth-order valence-corrected chi connectivity index (χ4v) is 7.93. The van der Waals surface area contributed by atoms with Crippen LogP contribution in [-0.4, -0.2) is 30.2 Å². The van der Waals surface area contributed by atoms with E-state index in [9.17, 15) is 5.11 Å². The van der Waals surface area contributed by atoms with Crippen LogP contribution >= 0.6 is 0 Å². The summed E-state index contributed by atoms with van der Waals surface area (Å²) in [6.07, 6.45) is 11.0. The summed E-state index contributed by atoms with van der Waals surface area (Å²) in [4.78, 5) is 0. The largest absolute Gasteiger partial charge is 0.393 e. The zero-order chi connectivity index (χ0) is 16.6. The molecular weight excluding hydrogens is 300 g/mol. The van der Waals surface area contributed by atoms with Gasteiger partial charge in [-0.15, -0.1) is 0 Å². The first kappa shape index (κ1) is 16.1. The Morgan fingerprint density at radius 1 is 0.792 bits per heavy atom. The molecule has 0 aromatic rings. The minimum absolute atomic E-state index is 0.0520. The molecule has 5 fully saturated rings. The molecule has 5 rings (SSSR count). The van der Waals surface area contributed by atoms with Gasteiger partial charge in [-0.05, 0) is 79.4 Å². The third-order valence-corrected chi connectivity index (χ3v) is 9.43. The zero-order valence-electron chi connectivity index (χ0n) is 15.4. The number of aliphatic hydroxyl groups is 1. The van der Waals surface area contributed by atoms with Crippen LogP contribution in [0, 0.1) is 34.5 Å². The van der Waals surface area contributed by atoms with Crippen LogP contribution in [0.3, 0.4) is 0 Å². The van der Waals surface area contributed by atoms with Gasteiger partial charge in [0.05, 0.1) is 19.3 Å². The average Bonchev–Trinajstić information content (AvgIpc) is 3.14. The molecule has 0 amide bonds. The molecule has 24 heavy (non-hydrogen) atoms. The van der Waals surface area contributed by atoms with Crippen molar-refractivity contribution >= 4 is 0 Å². The number of rotatable bonds is 0. The van der Waals surface area contributed by atoms with Gasteiger partial charge in [-0.2, -0.15) is 0 Å². The SMILES string of the molecule is C[C@]12CCC3(C[C@@H]1CC[C@@H]1[C@@H]2CC[C@]2(C)[C@H](O)CC[C@@H]12)OCCO3. The second-order valence-corrected chi connectivity index (χ2v) is 10.1. The lowest BCUT2D eigenvalue weighted by Gasteiger charge is -2.61. The van der Waals surface area contributed by atoms with Crippen LogP contribution < -0.4 is 0 Å². The Morgan fingerprint density at radius 2 is 1.54 bits per heavy atom. The number of hydrogen-bond donors (Lipinski definition) is 1. The lowest BCUT2D eigenvalue weighted by Crippen LogP contribution is -2.56. The van der Waals surface area contributed by atoms with E-state index in [1.807, 2.05) is 0 Å². The molecule has 1 spiro atoms. The molecule has 5 aliphatic rings. The van der Waals surface area contributed by atoms with Gasteiger partial charge in [0.15, 0.2) is 5.79 Å². The van der Waals surface area contributed by atoms with Gasteiger partial charge in [-0.1, -0.05) is 13.8 Å². The van der Waals surface area contributed by atoms with Crippen LogP contribution in [0.1, 0.15) is 71.6 Å². The summed E-state index contributed by atoms with van der Waals surface area (Å²) < 4.78 is 12.1. The highest BCUT2D eigenvalue weighted by atomic mass is 16.7. The molecule has 3 nitrogen and oxygen atoms in total.